The van der Waals surface area contributed by atoms with Gasteiger partial charge in [-0.15, -0.1) is 0 Å². The molecule has 2 aromatic carbocycles. The number of rotatable bonds is 9. The summed E-state index contributed by atoms with van der Waals surface area (Å²) >= 11 is 3.41. The summed E-state index contributed by atoms with van der Waals surface area (Å²) in [6.07, 6.45) is -0.211. The molecule has 0 N–H and O–H groups in total. The quantitative estimate of drug-likeness (QED) is 0.195. The second-order valence-electron chi connectivity index (χ2n) is 8.44. The van der Waals surface area contributed by atoms with Gasteiger partial charge in [-0.3, -0.25) is 19.2 Å². The van der Waals surface area contributed by atoms with E-state index in [1.54, 1.807) is 68.4 Å². The molecule has 0 aliphatic heterocycles. The lowest BCUT2D eigenvalue weighted by Gasteiger charge is -2.33. The van der Waals surface area contributed by atoms with Crippen LogP contribution in [0.5, 0.6) is 0 Å². The second-order valence-corrected chi connectivity index (χ2v) is 9.36. The molecule has 7 nitrogen and oxygen atoms in total. The van der Waals surface area contributed by atoms with E-state index < -0.39 is 41.1 Å². The van der Waals surface area contributed by atoms with Crippen molar-refractivity contribution in [2.75, 3.05) is 20.3 Å². The van der Waals surface area contributed by atoms with Gasteiger partial charge in [0.25, 0.3) is 0 Å². The van der Waals surface area contributed by atoms with Gasteiger partial charge >= 0.3 is 17.9 Å². The van der Waals surface area contributed by atoms with Crippen LogP contribution in [-0.4, -0.2) is 44.0 Å². The summed E-state index contributed by atoms with van der Waals surface area (Å²) in [5.41, 5.74) is -0.762. The number of ketones is 1. The van der Waals surface area contributed by atoms with Gasteiger partial charge in [0.2, 0.25) is 0 Å². The van der Waals surface area contributed by atoms with Crippen molar-refractivity contribution in [1.29, 1.82) is 0 Å². The maximum Gasteiger partial charge on any atom is 0.324 e. The number of Topliss-reactive ketones (excluding diaryl/α,β-unsaturated/α-hetero) is 1. The van der Waals surface area contributed by atoms with Gasteiger partial charge in [0.15, 0.2) is 11.2 Å². The number of carbonyl (C=O) groups is 4. The molecule has 0 heterocycles. The average molecular weight is 545 g/mol. The maximum atomic E-state index is 14.0. The van der Waals surface area contributed by atoms with Crippen molar-refractivity contribution in [3.63, 3.8) is 0 Å². The molecule has 0 unspecified atom stereocenters. The van der Waals surface area contributed by atoms with Gasteiger partial charge in [0, 0.05) is 28.3 Å². The molecule has 1 saturated carbocycles. The second kappa shape index (κ2) is 11.6. The molecule has 0 saturated heterocycles. The molecule has 3 atom stereocenters. The molecule has 3 rings (SSSR count). The first kappa shape index (κ1) is 26.6. The molecule has 2 aromatic rings. The van der Waals surface area contributed by atoms with E-state index >= 15 is 0 Å². The van der Waals surface area contributed by atoms with Gasteiger partial charge in [-0.25, -0.2) is 0 Å². The van der Waals surface area contributed by atoms with Crippen LogP contribution >= 0.6 is 15.9 Å². The average Bonchev–Trinajstić information content (AvgIpc) is 3.20. The Balaban J connectivity index is 2.28. The number of methoxy groups -OCH3 is 1. The van der Waals surface area contributed by atoms with Crippen molar-refractivity contribution in [2.45, 2.75) is 32.6 Å². The summed E-state index contributed by atoms with van der Waals surface area (Å²) in [5.74, 6) is -4.74. The number of hydrogen-bond donors (Lipinski definition) is 0. The van der Waals surface area contributed by atoms with E-state index in [2.05, 4.69) is 15.9 Å². The highest BCUT2D eigenvalue weighted by atomic mass is 79.9. The minimum Gasteiger partial charge on any atom is -0.469 e. The van der Waals surface area contributed by atoms with E-state index in [4.69, 9.17) is 14.2 Å². The highest BCUT2D eigenvalue weighted by molar-refractivity contribution is 9.10. The Bertz CT molecular complexity index is 1050. The van der Waals surface area contributed by atoms with Crippen LogP contribution < -0.4 is 0 Å². The van der Waals surface area contributed by atoms with E-state index in [1.165, 1.54) is 7.11 Å². The number of carbonyl (C=O) groups excluding carboxylic acids is 4. The summed E-state index contributed by atoms with van der Waals surface area (Å²) in [5, 5.41) is 0. The molecule has 8 heteroatoms. The number of ether oxygens (including phenoxy) is 3. The van der Waals surface area contributed by atoms with E-state index in [-0.39, 0.29) is 31.8 Å². The Kier molecular flexibility index (Phi) is 8.83. The van der Waals surface area contributed by atoms with Gasteiger partial charge in [0.05, 0.1) is 20.3 Å². The van der Waals surface area contributed by atoms with Crippen LogP contribution in [-0.2, 0) is 28.6 Å². The fourth-order valence-corrected chi connectivity index (χ4v) is 5.35. The molecular formula is C27H29BrO7. The highest BCUT2D eigenvalue weighted by Gasteiger charge is 2.66. The van der Waals surface area contributed by atoms with Crippen molar-refractivity contribution in [3.05, 3.63) is 70.2 Å². The molecule has 0 radical (unpaired) electrons. The van der Waals surface area contributed by atoms with Crippen molar-refractivity contribution in [3.8, 4) is 0 Å². The van der Waals surface area contributed by atoms with Gasteiger partial charge in [-0.2, -0.15) is 0 Å². The summed E-state index contributed by atoms with van der Waals surface area (Å²) in [6.45, 7) is 3.40. The molecule has 0 spiro atoms. The Labute approximate surface area is 213 Å². The van der Waals surface area contributed by atoms with E-state index in [0.717, 1.165) is 4.47 Å². The van der Waals surface area contributed by atoms with Gasteiger partial charge in [-0.05, 0) is 43.9 Å². The minimum absolute atomic E-state index is 0.0476. The standard InChI is InChI=1S/C27H29BrO7/c1-4-34-25(31)27(26(32)35-5-2)16-19(15-21(29)33-3)22(24(30)18-9-7-6-8-10-18)23(27)17-11-13-20(28)14-12-17/h6-14,19,22-23H,4-5,15-16H2,1-3H3/t19-,22+,23+/m0/s1. The van der Waals surface area contributed by atoms with Crippen molar-refractivity contribution in [2.24, 2.45) is 17.3 Å². The normalized spacial score (nSPS) is 20.6. The Morgan fingerprint density at radius 3 is 2.00 bits per heavy atom. The molecule has 1 aliphatic carbocycles. The van der Waals surface area contributed by atoms with Crippen molar-refractivity contribution < 1.29 is 33.4 Å². The molecule has 0 bridgehead atoms. The van der Waals surface area contributed by atoms with E-state index in [1.807, 2.05) is 0 Å². The molecule has 35 heavy (non-hydrogen) atoms. The molecule has 0 amide bonds. The Morgan fingerprint density at radius 2 is 1.49 bits per heavy atom. The molecule has 1 aliphatic rings. The smallest absolute Gasteiger partial charge is 0.324 e. The van der Waals surface area contributed by atoms with Crippen molar-refractivity contribution >= 4 is 39.6 Å². The van der Waals surface area contributed by atoms with Crippen LogP contribution in [0.4, 0.5) is 0 Å². The van der Waals surface area contributed by atoms with Gasteiger partial charge < -0.3 is 14.2 Å². The number of halogens is 1. The monoisotopic (exact) mass is 544 g/mol. The first-order chi connectivity index (χ1) is 16.8. The van der Waals surface area contributed by atoms with Crippen LogP contribution in [0.15, 0.2) is 59.1 Å². The lowest BCUT2D eigenvalue weighted by Crippen LogP contribution is -2.45. The molecular weight excluding hydrogens is 516 g/mol. The first-order valence-electron chi connectivity index (χ1n) is 11.6. The minimum atomic E-state index is -1.80. The zero-order chi connectivity index (χ0) is 25.6. The van der Waals surface area contributed by atoms with Crippen LogP contribution in [0, 0.1) is 17.3 Å². The zero-order valence-electron chi connectivity index (χ0n) is 20.0. The summed E-state index contributed by atoms with van der Waals surface area (Å²) in [7, 11) is 1.27. The largest absolute Gasteiger partial charge is 0.469 e. The lowest BCUT2D eigenvalue weighted by atomic mass is 9.70. The van der Waals surface area contributed by atoms with Crippen LogP contribution in [0.1, 0.15) is 48.5 Å². The Morgan fingerprint density at radius 1 is 0.914 bits per heavy atom. The van der Waals surface area contributed by atoms with Gasteiger partial charge in [-0.1, -0.05) is 58.4 Å². The van der Waals surface area contributed by atoms with Crippen LogP contribution in [0.25, 0.3) is 0 Å². The SMILES string of the molecule is CCOC(=O)C1(C(=O)OCC)C[C@H](CC(=O)OC)[C@@H](C(=O)c2ccccc2)[C@H]1c1ccc(Br)cc1. The third kappa shape index (κ3) is 5.32. The summed E-state index contributed by atoms with van der Waals surface area (Å²) in [6, 6.07) is 15.8. The third-order valence-electron chi connectivity index (χ3n) is 6.51. The lowest BCUT2D eigenvalue weighted by molar-refractivity contribution is -0.173. The molecule has 186 valence electrons. The predicted molar refractivity (Wildman–Crippen MR) is 132 cm³/mol. The fourth-order valence-electron chi connectivity index (χ4n) is 5.09. The highest BCUT2D eigenvalue weighted by Crippen LogP contribution is 2.59. The molecule has 1 fully saturated rings. The summed E-state index contributed by atoms with van der Waals surface area (Å²) < 4.78 is 16.5. The third-order valence-corrected chi connectivity index (χ3v) is 7.04. The zero-order valence-corrected chi connectivity index (χ0v) is 21.6. The number of esters is 3. The number of hydrogen-bond acceptors (Lipinski definition) is 7. The predicted octanol–water partition coefficient (Wildman–Crippen LogP) is 4.73. The van der Waals surface area contributed by atoms with Gasteiger partial charge in [0.1, 0.15) is 0 Å². The fraction of sp³-hybridized carbons (Fsp3) is 0.407. The Hall–Kier alpha value is -3.00. The number of benzene rings is 2. The van der Waals surface area contributed by atoms with Crippen molar-refractivity contribution in [1.82, 2.24) is 0 Å². The van der Waals surface area contributed by atoms with Crippen LogP contribution in [0.3, 0.4) is 0 Å². The first-order valence-corrected chi connectivity index (χ1v) is 12.3. The molecule has 0 aromatic heterocycles. The maximum absolute atomic E-state index is 14.0. The van der Waals surface area contributed by atoms with Crippen LogP contribution in [0.2, 0.25) is 0 Å². The van der Waals surface area contributed by atoms with E-state index in [0.29, 0.717) is 11.1 Å². The topological polar surface area (TPSA) is 96.0 Å². The summed E-state index contributed by atoms with van der Waals surface area (Å²) in [4.78, 5) is 53.5. The van der Waals surface area contributed by atoms with E-state index in [9.17, 15) is 19.2 Å².